The summed E-state index contributed by atoms with van der Waals surface area (Å²) in [6, 6.07) is 7.59. The van der Waals surface area contributed by atoms with Crippen molar-refractivity contribution in [1.82, 2.24) is 4.90 Å². The number of nitrogens with zero attached hydrogens (tertiary/aromatic N) is 1. The van der Waals surface area contributed by atoms with Gasteiger partial charge in [-0.3, -0.25) is 4.79 Å². The number of carbonyl (C=O) groups excluding carboxylic acids is 1. The van der Waals surface area contributed by atoms with Crippen molar-refractivity contribution in [3.8, 4) is 5.75 Å². The zero-order valence-corrected chi connectivity index (χ0v) is 12.2. The van der Waals surface area contributed by atoms with E-state index in [1.165, 1.54) is 0 Å². The highest BCUT2D eigenvalue weighted by atomic mass is 32.1. The quantitative estimate of drug-likeness (QED) is 0.862. The van der Waals surface area contributed by atoms with Gasteiger partial charge < -0.3 is 14.4 Å². The monoisotopic (exact) mass is 281 g/mol. The van der Waals surface area contributed by atoms with E-state index in [0.717, 1.165) is 11.3 Å². The Bertz CT molecular complexity index is 449. The molecule has 1 aromatic rings. The van der Waals surface area contributed by atoms with Gasteiger partial charge in [-0.25, -0.2) is 0 Å². The molecule has 1 amide bonds. The predicted octanol–water partition coefficient (Wildman–Crippen LogP) is 2.05. The molecule has 1 atom stereocenters. The minimum atomic E-state index is -0.741. The summed E-state index contributed by atoms with van der Waals surface area (Å²) in [4.78, 5) is 12.9. The summed E-state index contributed by atoms with van der Waals surface area (Å²) in [7, 11) is 1.63. The number of hydrogen-bond donors (Lipinski definition) is 1. The topological polar surface area (TPSA) is 38.8 Å². The average molecular weight is 281 g/mol. The van der Waals surface area contributed by atoms with Crippen LogP contribution in [0, 0.1) is 0 Å². The van der Waals surface area contributed by atoms with Gasteiger partial charge in [0.05, 0.1) is 20.3 Å². The number of ether oxygens (including phenoxy) is 2. The van der Waals surface area contributed by atoms with Crippen molar-refractivity contribution in [2.75, 3.05) is 26.8 Å². The molecule has 0 saturated carbocycles. The second kappa shape index (κ2) is 5.84. The standard InChI is InChI=1S/C14H19NO3S/c1-3-13(16)15-8-9-18-14(19,10-15)11-4-6-12(17-2)7-5-11/h4-7,19H,3,8-10H2,1-2H3. The maximum atomic E-state index is 11.8. The largest absolute Gasteiger partial charge is 0.497 e. The Balaban J connectivity index is 2.18. The van der Waals surface area contributed by atoms with Crippen LogP contribution in [0.1, 0.15) is 18.9 Å². The molecule has 104 valence electrons. The molecule has 1 fully saturated rings. The van der Waals surface area contributed by atoms with Gasteiger partial charge in [-0.15, -0.1) is 12.6 Å². The zero-order chi connectivity index (χ0) is 13.9. The van der Waals surface area contributed by atoms with Crippen molar-refractivity contribution >= 4 is 18.5 Å². The summed E-state index contributed by atoms with van der Waals surface area (Å²) >= 11 is 4.64. The van der Waals surface area contributed by atoms with E-state index in [2.05, 4.69) is 12.6 Å². The number of morpholine rings is 1. The van der Waals surface area contributed by atoms with Crippen LogP contribution < -0.4 is 4.74 Å². The molecule has 0 aromatic heterocycles. The van der Waals surface area contributed by atoms with E-state index in [-0.39, 0.29) is 5.91 Å². The molecule has 1 saturated heterocycles. The smallest absolute Gasteiger partial charge is 0.222 e. The molecule has 0 radical (unpaired) electrons. The predicted molar refractivity (Wildman–Crippen MR) is 76.5 cm³/mol. The average Bonchev–Trinajstić information content (AvgIpc) is 2.46. The van der Waals surface area contributed by atoms with Gasteiger partial charge >= 0.3 is 0 Å². The molecular weight excluding hydrogens is 262 g/mol. The molecule has 19 heavy (non-hydrogen) atoms. The molecule has 1 unspecified atom stereocenters. The maximum absolute atomic E-state index is 11.8. The lowest BCUT2D eigenvalue weighted by Gasteiger charge is -2.40. The minimum Gasteiger partial charge on any atom is -0.497 e. The molecule has 5 heteroatoms. The molecule has 0 aliphatic carbocycles. The summed E-state index contributed by atoms with van der Waals surface area (Å²) < 4.78 is 10.9. The van der Waals surface area contributed by atoms with Crippen LogP contribution >= 0.6 is 12.6 Å². The lowest BCUT2D eigenvalue weighted by Crippen LogP contribution is -2.49. The normalized spacial score (nSPS) is 23.2. The Labute approximate surface area is 119 Å². The summed E-state index contributed by atoms with van der Waals surface area (Å²) in [6.45, 7) is 3.47. The highest BCUT2D eigenvalue weighted by Crippen LogP contribution is 2.34. The number of benzene rings is 1. The number of thiol groups is 1. The van der Waals surface area contributed by atoms with Crippen LogP contribution in [0.15, 0.2) is 24.3 Å². The Kier molecular flexibility index (Phi) is 4.37. The van der Waals surface area contributed by atoms with Crippen molar-refractivity contribution in [2.45, 2.75) is 18.3 Å². The van der Waals surface area contributed by atoms with Gasteiger partial charge in [0.25, 0.3) is 0 Å². The van der Waals surface area contributed by atoms with Gasteiger partial charge in [0.2, 0.25) is 5.91 Å². The van der Waals surface area contributed by atoms with Crippen molar-refractivity contribution in [3.63, 3.8) is 0 Å². The SMILES string of the molecule is CCC(=O)N1CCOC(S)(c2ccc(OC)cc2)C1. The second-order valence-electron chi connectivity index (χ2n) is 4.53. The van der Waals surface area contributed by atoms with E-state index in [1.54, 1.807) is 12.0 Å². The van der Waals surface area contributed by atoms with E-state index >= 15 is 0 Å². The number of methoxy groups -OCH3 is 1. The van der Waals surface area contributed by atoms with Crippen molar-refractivity contribution in [2.24, 2.45) is 0 Å². The fraction of sp³-hybridized carbons (Fsp3) is 0.500. The Morgan fingerprint density at radius 2 is 2.16 bits per heavy atom. The van der Waals surface area contributed by atoms with Crippen LogP contribution in [0.4, 0.5) is 0 Å². The first-order valence-electron chi connectivity index (χ1n) is 6.37. The molecule has 0 bridgehead atoms. The Morgan fingerprint density at radius 3 is 2.74 bits per heavy atom. The third kappa shape index (κ3) is 3.04. The molecule has 0 spiro atoms. The summed E-state index contributed by atoms with van der Waals surface area (Å²) in [5.74, 6) is 0.924. The van der Waals surface area contributed by atoms with Crippen molar-refractivity contribution in [3.05, 3.63) is 29.8 Å². The molecule has 1 aromatic carbocycles. The van der Waals surface area contributed by atoms with Gasteiger partial charge in [0, 0.05) is 13.0 Å². The maximum Gasteiger partial charge on any atom is 0.222 e. The fourth-order valence-electron chi connectivity index (χ4n) is 2.17. The van der Waals surface area contributed by atoms with Crippen LogP contribution in [-0.2, 0) is 14.5 Å². The van der Waals surface area contributed by atoms with Gasteiger partial charge in [-0.05, 0) is 17.7 Å². The lowest BCUT2D eigenvalue weighted by atomic mass is 10.1. The summed E-state index contributed by atoms with van der Waals surface area (Å²) in [6.07, 6.45) is 0.506. The minimum absolute atomic E-state index is 0.134. The third-order valence-electron chi connectivity index (χ3n) is 3.30. The van der Waals surface area contributed by atoms with Crippen molar-refractivity contribution < 1.29 is 14.3 Å². The lowest BCUT2D eigenvalue weighted by molar-refractivity contribution is -0.140. The molecule has 4 nitrogen and oxygen atoms in total. The first kappa shape index (κ1) is 14.2. The molecule has 1 aliphatic rings. The molecular formula is C14H19NO3S. The third-order valence-corrected chi connectivity index (χ3v) is 3.83. The van der Waals surface area contributed by atoms with Gasteiger partial charge in [-0.1, -0.05) is 19.1 Å². The van der Waals surface area contributed by atoms with E-state index in [0.29, 0.717) is 26.1 Å². The molecule has 1 heterocycles. The van der Waals surface area contributed by atoms with Crippen LogP contribution in [0.3, 0.4) is 0 Å². The van der Waals surface area contributed by atoms with Crippen LogP contribution in [0.25, 0.3) is 0 Å². The van der Waals surface area contributed by atoms with E-state index < -0.39 is 4.93 Å². The molecule has 0 N–H and O–H groups in total. The highest BCUT2D eigenvalue weighted by molar-refractivity contribution is 7.81. The molecule has 2 rings (SSSR count). The van der Waals surface area contributed by atoms with Gasteiger partial charge in [-0.2, -0.15) is 0 Å². The zero-order valence-electron chi connectivity index (χ0n) is 11.3. The number of hydrogen-bond acceptors (Lipinski definition) is 4. The van der Waals surface area contributed by atoms with Gasteiger partial charge in [0.15, 0.2) is 4.93 Å². The summed E-state index contributed by atoms with van der Waals surface area (Å²) in [5.41, 5.74) is 0.935. The Hall–Kier alpha value is -1.20. The summed E-state index contributed by atoms with van der Waals surface area (Å²) in [5, 5.41) is 0. The number of carbonyl (C=O) groups is 1. The van der Waals surface area contributed by atoms with Gasteiger partial charge in [0.1, 0.15) is 5.75 Å². The van der Waals surface area contributed by atoms with Crippen molar-refractivity contribution in [1.29, 1.82) is 0 Å². The first-order valence-corrected chi connectivity index (χ1v) is 6.82. The van der Waals surface area contributed by atoms with Crippen LogP contribution in [-0.4, -0.2) is 37.6 Å². The first-order chi connectivity index (χ1) is 9.09. The van der Waals surface area contributed by atoms with E-state index in [4.69, 9.17) is 9.47 Å². The fourth-order valence-corrected chi connectivity index (χ4v) is 2.58. The Morgan fingerprint density at radius 1 is 1.47 bits per heavy atom. The number of amides is 1. The van der Waals surface area contributed by atoms with Crippen LogP contribution in [0.2, 0.25) is 0 Å². The highest BCUT2D eigenvalue weighted by Gasteiger charge is 2.36. The van der Waals surface area contributed by atoms with E-state index in [1.807, 2.05) is 31.2 Å². The molecule has 1 aliphatic heterocycles. The number of rotatable bonds is 3. The second-order valence-corrected chi connectivity index (χ2v) is 5.25. The van der Waals surface area contributed by atoms with Crippen LogP contribution in [0.5, 0.6) is 5.75 Å². The van der Waals surface area contributed by atoms with E-state index in [9.17, 15) is 4.79 Å².